The van der Waals surface area contributed by atoms with E-state index < -0.39 is 24.5 Å². The molecule has 0 radical (unpaired) electrons. The molecule has 16 nitrogen and oxygen atoms in total. The molecule has 0 unspecified atom stereocenters. The number of imidazole rings is 1. The fraction of sp³-hybridized carbons (Fsp3) is 0.667. The van der Waals surface area contributed by atoms with Crippen LogP contribution in [0.25, 0.3) is 11.2 Å². The van der Waals surface area contributed by atoms with Crippen LogP contribution in [0.5, 0.6) is 0 Å². The number of aryl methyl sites for hydroxylation is 1. The molecule has 3 aromatic rings. The van der Waals surface area contributed by atoms with E-state index in [1.807, 2.05) is 0 Å². The molecule has 16 heteroatoms. The van der Waals surface area contributed by atoms with Crippen molar-refractivity contribution in [2.45, 2.75) is 69.1 Å². The normalized spacial score (nSPS) is 25.4. The van der Waals surface area contributed by atoms with Crippen LogP contribution in [0.2, 0.25) is 0 Å². The minimum Gasteiger partial charge on any atom is -0.457 e. The molecule has 1 saturated carbocycles. The minimum absolute atomic E-state index is 0.184. The first-order chi connectivity index (χ1) is 19.6. The first-order valence-electron chi connectivity index (χ1n) is 13.7. The van der Waals surface area contributed by atoms with E-state index in [0.717, 1.165) is 45.3 Å². The van der Waals surface area contributed by atoms with Crippen molar-refractivity contribution in [1.82, 2.24) is 44.6 Å². The largest absolute Gasteiger partial charge is 0.457 e. The Bertz CT molecular complexity index is 1320. The maximum atomic E-state index is 11.5. The standard InChI is InChI=1S/C24H33N11O5/c1-33-31-21(30-32-33)18-17(38-13-36)19(39-14-37)23(40-18)35-12-26-16-20(27-15-6-2-3-7-15)28-24(29-22(16)35)25-8-11-34-9-4-5-10-34/h12-15,17-19,23H,2-11H2,1H3,(H2,25,27,28,29)/t17-,18+,19-,23-/m1/s1. The van der Waals surface area contributed by atoms with Crippen molar-refractivity contribution < 1.29 is 23.8 Å². The van der Waals surface area contributed by atoms with Gasteiger partial charge in [0.15, 0.2) is 41.5 Å². The molecule has 0 spiro atoms. The van der Waals surface area contributed by atoms with Crippen LogP contribution in [0.4, 0.5) is 11.8 Å². The number of nitrogens with one attached hydrogen (secondary N) is 2. The van der Waals surface area contributed by atoms with E-state index in [1.54, 1.807) is 17.9 Å². The summed E-state index contributed by atoms with van der Waals surface area (Å²) in [7, 11) is 1.61. The van der Waals surface area contributed by atoms with Crippen LogP contribution in [0.1, 0.15) is 56.7 Å². The van der Waals surface area contributed by atoms with Gasteiger partial charge in [-0.15, -0.1) is 10.2 Å². The van der Waals surface area contributed by atoms with Crippen molar-refractivity contribution >= 4 is 35.9 Å². The van der Waals surface area contributed by atoms with Crippen molar-refractivity contribution in [3.63, 3.8) is 0 Å². The Kier molecular flexibility index (Phi) is 7.68. The lowest BCUT2D eigenvalue weighted by atomic mass is 10.1. The second-order valence-electron chi connectivity index (χ2n) is 10.3. The number of anilines is 2. The third-order valence-electron chi connectivity index (χ3n) is 7.69. The maximum Gasteiger partial charge on any atom is 0.293 e. The third kappa shape index (κ3) is 5.28. The van der Waals surface area contributed by atoms with Gasteiger partial charge in [0.1, 0.15) is 0 Å². The molecule has 5 heterocycles. The summed E-state index contributed by atoms with van der Waals surface area (Å²) in [4.78, 5) is 40.8. The van der Waals surface area contributed by atoms with Gasteiger partial charge >= 0.3 is 0 Å². The molecule has 2 saturated heterocycles. The summed E-state index contributed by atoms with van der Waals surface area (Å²) in [5.74, 6) is 1.26. The highest BCUT2D eigenvalue weighted by atomic mass is 16.6. The van der Waals surface area contributed by atoms with Crippen molar-refractivity contribution in [3.05, 3.63) is 12.2 Å². The molecule has 0 amide bonds. The lowest BCUT2D eigenvalue weighted by Gasteiger charge is -2.21. The molecule has 2 aliphatic heterocycles. The van der Waals surface area contributed by atoms with Gasteiger partial charge < -0.3 is 29.7 Å². The Morgan fingerprint density at radius 3 is 2.58 bits per heavy atom. The van der Waals surface area contributed by atoms with Crippen molar-refractivity contribution in [2.75, 3.05) is 36.8 Å². The van der Waals surface area contributed by atoms with Crippen LogP contribution < -0.4 is 10.6 Å². The fourth-order valence-electron chi connectivity index (χ4n) is 5.78. The van der Waals surface area contributed by atoms with Crippen LogP contribution in [-0.4, -0.2) is 102 Å². The number of rotatable bonds is 12. The molecule has 2 N–H and O–H groups in total. The molecule has 0 bridgehead atoms. The van der Waals surface area contributed by atoms with E-state index in [4.69, 9.17) is 24.2 Å². The Hall–Kier alpha value is -3.92. The van der Waals surface area contributed by atoms with Crippen LogP contribution in [-0.2, 0) is 30.8 Å². The van der Waals surface area contributed by atoms with Crippen molar-refractivity contribution in [1.29, 1.82) is 0 Å². The average molecular weight is 556 g/mol. The number of fused-ring (bicyclic) bond motifs is 1. The highest BCUT2D eigenvalue weighted by Gasteiger charge is 2.52. The highest BCUT2D eigenvalue weighted by molar-refractivity contribution is 5.84. The van der Waals surface area contributed by atoms with Gasteiger partial charge in [-0.2, -0.15) is 14.8 Å². The van der Waals surface area contributed by atoms with Gasteiger partial charge in [-0.1, -0.05) is 12.8 Å². The van der Waals surface area contributed by atoms with E-state index in [2.05, 4.69) is 35.9 Å². The van der Waals surface area contributed by atoms with Crippen LogP contribution >= 0.6 is 0 Å². The van der Waals surface area contributed by atoms with E-state index in [9.17, 15) is 9.59 Å². The maximum absolute atomic E-state index is 11.5. The van der Waals surface area contributed by atoms with Crippen molar-refractivity contribution in [3.8, 4) is 0 Å². The van der Waals surface area contributed by atoms with E-state index in [-0.39, 0.29) is 12.3 Å². The molecule has 1 aliphatic carbocycles. The van der Waals surface area contributed by atoms with Crippen LogP contribution in [0.15, 0.2) is 6.33 Å². The molecule has 3 fully saturated rings. The molecule has 3 aromatic heterocycles. The molecular weight excluding hydrogens is 522 g/mol. The quantitative estimate of drug-likeness (QED) is 0.296. The van der Waals surface area contributed by atoms with Gasteiger partial charge in [0.2, 0.25) is 11.8 Å². The monoisotopic (exact) mass is 555 g/mol. The summed E-state index contributed by atoms with van der Waals surface area (Å²) < 4.78 is 18.7. The Balaban J connectivity index is 1.35. The van der Waals surface area contributed by atoms with E-state index in [0.29, 0.717) is 42.0 Å². The van der Waals surface area contributed by atoms with Crippen LogP contribution in [0, 0.1) is 0 Å². The number of carbonyl (C=O) groups is 2. The molecule has 6 rings (SSSR count). The SMILES string of the molecule is Cn1nnc([C@H]2O[C@@H](n3cnc4c(NC5CCCC5)nc(NCCN5CCCC5)nc43)[C@H](OC=O)[C@@H]2OC=O)n1. The topological polar surface area (TPSA) is 176 Å². The number of hydrogen-bond donors (Lipinski definition) is 2. The van der Waals surface area contributed by atoms with Gasteiger partial charge in [0.05, 0.1) is 13.4 Å². The summed E-state index contributed by atoms with van der Waals surface area (Å²) in [5.41, 5.74) is 1.03. The van der Waals surface area contributed by atoms with E-state index in [1.165, 1.54) is 17.6 Å². The number of hydrogen-bond acceptors (Lipinski definition) is 14. The Morgan fingerprint density at radius 1 is 1.07 bits per heavy atom. The zero-order valence-corrected chi connectivity index (χ0v) is 22.3. The Morgan fingerprint density at radius 2 is 1.85 bits per heavy atom. The fourth-order valence-corrected chi connectivity index (χ4v) is 5.78. The van der Waals surface area contributed by atoms with Gasteiger partial charge in [0.25, 0.3) is 12.9 Å². The molecular formula is C24H33N11O5. The van der Waals surface area contributed by atoms with Crippen LogP contribution in [0.3, 0.4) is 0 Å². The van der Waals surface area contributed by atoms with Crippen molar-refractivity contribution in [2.24, 2.45) is 7.05 Å². The molecule has 3 aliphatic rings. The summed E-state index contributed by atoms with van der Waals surface area (Å²) >= 11 is 0. The zero-order valence-electron chi connectivity index (χ0n) is 22.3. The first-order valence-corrected chi connectivity index (χ1v) is 13.7. The number of ether oxygens (including phenoxy) is 3. The zero-order chi connectivity index (χ0) is 27.5. The number of tetrazole rings is 1. The van der Waals surface area contributed by atoms with E-state index >= 15 is 0 Å². The summed E-state index contributed by atoms with van der Waals surface area (Å²) in [6.45, 7) is 4.36. The number of aromatic nitrogens is 8. The summed E-state index contributed by atoms with van der Waals surface area (Å²) in [6.07, 6.45) is 4.52. The molecule has 40 heavy (non-hydrogen) atoms. The molecule has 0 aromatic carbocycles. The van der Waals surface area contributed by atoms with Gasteiger partial charge in [-0.3, -0.25) is 14.2 Å². The second-order valence-corrected chi connectivity index (χ2v) is 10.3. The lowest BCUT2D eigenvalue weighted by Crippen LogP contribution is -2.34. The molecule has 214 valence electrons. The summed E-state index contributed by atoms with van der Waals surface area (Å²) in [5, 5.41) is 19.0. The average Bonchev–Trinajstić information content (AvgIpc) is 3.77. The lowest BCUT2D eigenvalue weighted by molar-refractivity contribution is -0.151. The predicted molar refractivity (Wildman–Crippen MR) is 139 cm³/mol. The third-order valence-corrected chi connectivity index (χ3v) is 7.69. The van der Waals surface area contributed by atoms with Gasteiger partial charge in [-0.05, 0) is 44.0 Å². The number of nitrogens with zero attached hydrogens (tertiary/aromatic N) is 9. The smallest absolute Gasteiger partial charge is 0.293 e. The summed E-state index contributed by atoms with van der Waals surface area (Å²) in [6, 6.07) is 0.298. The number of carbonyl (C=O) groups excluding carboxylic acids is 2. The minimum atomic E-state index is -1.03. The van der Waals surface area contributed by atoms with Gasteiger partial charge in [0, 0.05) is 19.1 Å². The van der Waals surface area contributed by atoms with Gasteiger partial charge in [-0.25, -0.2) is 4.98 Å². The Labute approximate surface area is 229 Å². The molecule has 4 atom stereocenters. The highest BCUT2D eigenvalue weighted by Crippen LogP contribution is 2.42. The first kappa shape index (κ1) is 26.3. The number of likely N-dealkylation sites (tertiary alicyclic amines) is 1. The second kappa shape index (κ2) is 11.7. The predicted octanol–water partition coefficient (Wildman–Crippen LogP) is 0.565.